The van der Waals surface area contributed by atoms with E-state index in [0.717, 1.165) is 25.9 Å². The van der Waals surface area contributed by atoms with Crippen LogP contribution in [0.2, 0.25) is 0 Å². The van der Waals surface area contributed by atoms with Gasteiger partial charge in [0.05, 0.1) is 0 Å². The Hall–Kier alpha value is -1.40. The molecule has 22 heavy (non-hydrogen) atoms. The number of hydrogen-bond donors (Lipinski definition) is 1. The van der Waals surface area contributed by atoms with Crippen LogP contribution in [0.3, 0.4) is 0 Å². The lowest BCUT2D eigenvalue weighted by Gasteiger charge is -2.33. The largest absolute Gasteiger partial charge is 0.325 e. The monoisotopic (exact) mass is 321 g/mol. The number of carbonyl (C=O) groups excluding carboxylic acids is 2. The van der Waals surface area contributed by atoms with Crippen molar-refractivity contribution in [2.24, 2.45) is 0 Å². The fraction of sp³-hybridized carbons (Fsp3) is 0.625. The van der Waals surface area contributed by atoms with Crippen LogP contribution in [-0.4, -0.2) is 46.9 Å². The first-order chi connectivity index (χ1) is 10.4. The molecule has 1 unspecified atom stereocenters. The average molecular weight is 321 g/mol. The van der Waals surface area contributed by atoms with Crippen molar-refractivity contribution in [3.05, 3.63) is 21.9 Å². The molecule has 0 radical (unpaired) electrons. The maximum atomic E-state index is 12.1. The highest BCUT2D eigenvalue weighted by Gasteiger charge is 2.43. The number of hydrogen-bond acceptors (Lipinski definition) is 4. The number of urea groups is 1. The Balaban J connectivity index is 1.54. The van der Waals surface area contributed by atoms with Crippen molar-refractivity contribution < 1.29 is 9.59 Å². The minimum atomic E-state index is -0.763. The summed E-state index contributed by atoms with van der Waals surface area (Å²) in [4.78, 5) is 29.3. The molecule has 6 heteroatoms. The number of thiophene rings is 1. The van der Waals surface area contributed by atoms with E-state index in [2.05, 4.69) is 28.6 Å². The molecule has 120 valence electrons. The van der Waals surface area contributed by atoms with Gasteiger partial charge in [0.25, 0.3) is 5.91 Å². The molecule has 0 saturated carbocycles. The van der Waals surface area contributed by atoms with E-state index >= 15 is 0 Å². The number of nitrogens with one attached hydrogen (secondary N) is 1. The fourth-order valence-corrected chi connectivity index (χ4v) is 4.28. The number of rotatable bonds is 4. The molecule has 1 saturated heterocycles. The zero-order valence-electron chi connectivity index (χ0n) is 13.4. The summed E-state index contributed by atoms with van der Waals surface area (Å²) in [5.41, 5.74) is 0.675. The Bertz CT molecular complexity index is 596. The van der Waals surface area contributed by atoms with Crippen LogP contribution in [0.15, 0.2) is 11.4 Å². The molecule has 1 aromatic heterocycles. The molecule has 5 nitrogen and oxygen atoms in total. The summed E-state index contributed by atoms with van der Waals surface area (Å²) in [5, 5.41) is 4.89. The van der Waals surface area contributed by atoms with Crippen LogP contribution in [0, 0.1) is 0 Å². The lowest BCUT2D eigenvalue weighted by molar-refractivity contribution is -0.130. The average Bonchev–Trinajstić information content (AvgIpc) is 2.99. The van der Waals surface area contributed by atoms with E-state index < -0.39 is 5.54 Å². The van der Waals surface area contributed by atoms with Gasteiger partial charge in [-0.1, -0.05) is 0 Å². The van der Waals surface area contributed by atoms with Gasteiger partial charge >= 0.3 is 6.03 Å². The van der Waals surface area contributed by atoms with Gasteiger partial charge in [-0.25, -0.2) is 4.79 Å². The van der Waals surface area contributed by atoms with Crippen LogP contribution in [-0.2, 0) is 11.2 Å². The predicted octanol–water partition coefficient (Wildman–Crippen LogP) is 2.39. The van der Waals surface area contributed by atoms with Crippen molar-refractivity contribution >= 4 is 23.3 Å². The van der Waals surface area contributed by atoms with Crippen molar-refractivity contribution in [2.75, 3.05) is 19.6 Å². The topological polar surface area (TPSA) is 52.6 Å². The molecular weight excluding hydrogens is 298 g/mol. The molecule has 0 spiro atoms. The second-order valence-electron chi connectivity index (χ2n) is 6.63. The third-order valence-corrected chi connectivity index (χ3v) is 5.67. The summed E-state index contributed by atoms with van der Waals surface area (Å²) in [6.45, 7) is 8.19. The van der Waals surface area contributed by atoms with E-state index in [0.29, 0.717) is 12.6 Å². The molecule has 1 aromatic rings. The summed E-state index contributed by atoms with van der Waals surface area (Å²) in [6, 6.07) is 2.38. The Kier molecular flexibility index (Phi) is 3.99. The first-order valence-electron chi connectivity index (χ1n) is 7.84. The number of nitrogens with zero attached hydrogens (tertiary/aromatic N) is 2. The molecule has 1 fully saturated rings. The number of fused-ring (bicyclic) bond motifs is 1. The van der Waals surface area contributed by atoms with Crippen molar-refractivity contribution in [3.63, 3.8) is 0 Å². The predicted molar refractivity (Wildman–Crippen MR) is 87.0 cm³/mol. The van der Waals surface area contributed by atoms with Crippen molar-refractivity contribution in [1.82, 2.24) is 15.1 Å². The minimum absolute atomic E-state index is 0.121. The highest BCUT2D eigenvalue weighted by Crippen LogP contribution is 2.32. The fourth-order valence-electron chi connectivity index (χ4n) is 3.32. The van der Waals surface area contributed by atoms with E-state index in [-0.39, 0.29) is 11.9 Å². The molecule has 1 atom stereocenters. The molecule has 1 N–H and O–H groups in total. The first-order valence-corrected chi connectivity index (χ1v) is 8.72. The number of amides is 3. The van der Waals surface area contributed by atoms with Gasteiger partial charge in [0.2, 0.25) is 0 Å². The van der Waals surface area contributed by atoms with E-state index in [1.165, 1.54) is 15.3 Å². The quantitative estimate of drug-likeness (QED) is 0.866. The second kappa shape index (κ2) is 5.66. The zero-order valence-corrected chi connectivity index (χ0v) is 14.2. The molecule has 3 rings (SSSR count). The first kappa shape index (κ1) is 15.5. The smallest absolute Gasteiger partial charge is 0.324 e. The zero-order chi connectivity index (χ0) is 15.9. The lowest BCUT2D eigenvalue weighted by atomic mass is 10.0. The van der Waals surface area contributed by atoms with Gasteiger partial charge in [0.15, 0.2) is 0 Å². The van der Waals surface area contributed by atoms with E-state index in [9.17, 15) is 9.59 Å². The Morgan fingerprint density at radius 2 is 2.14 bits per heavy atom. The molecule has 0 bridgehead atoms. The third kappa shape index (κ3) is 2.65. The Morgan fingerprint density at radius 3 is 2.82 bits per heavy atom. The van der Waals surface area contributed by atoms with Gasteiger partial charge in [0.1, 0.15) is 5.54 Å². The lowest BCUT2D eigenvalue weighted by Crippen LogP contribution is -2.41. The Morgan fingerprint density at radius 1 is 1.36 bits per heavy atom. The van der Waals surface area contributed by atoms with Crippen molar-refractivity contribution in [2.45, 2.75) is 45.2 Å². The van der Waals surface area contributed by atoms with Gasteiger partial charge in [0, 0.05) is 30.6 Å². The molecule has 3 heterocycles. The third-order valence-electron chi connectivity index (χ3n) is 4.68. The summed E-state index contributed by atoms with van der Waals surface area (Å²) in [6.07, 6.45) is 1.92. The highest BCUT2D eigenvalue weighted by molar-refractivity contribution is 7.10. The molecule has 0 aromatic carbocycles. The number of imide groups is 1. The van der Waals surface area contributed by atoms with Crippen molar-refractivity contribution in [3.8, 4) is 0 Å². The van der Waals surface area contributed by atoms with Gasteiger partial charge in [-0.3, -0.25) is 14.6 Å². The summed E-state index contributed by atoms with van der Waals surface area (Å²) >= 11 is 1.84. The minimum Gasteiger partial charge on any atom is -0.324 e. The molecule has 3 amide bonds. The van der Waals surface area contributed by atoms with Crippen LogP contribution in [0.1, 0.15) is 43.7 Å². The van der Waals surface area contributed by atoms with Crippen LogP contribution in [0.5, 0.6) is 0 Å². The van der Waals surface area contributed by atoms with E-state index in [1.807, 2.05) is 11.3 Å². The molecular formula is C16H23N3O2S. The van der Waals surface area contributed by atoms with Gasteiger partial charge < -0.3 is 5.32 Å². The summed E-state index contributed by atoms with van der Waals surface area (Å²) in [5.74, 6) is -0.121. The summed E-state index contributed by atoms with van der Waals surface area (Å²) in [7, 11) is 0. The maximum Gasteiger partial charge on any atom is 0.325 e. The summed E-state index contributed by atoms with van der Waals surface area (Å²) < 4.78 is 0. The molecule has 2 aliphatic rings. The van der Waals surface area contributed by atoms with Gasteiger partial charge in [-0.2, -0.15) is 0 Å². The Labute approximate surface area is 135 Å². The van der Waals surface area contributed by atoms with Crippen LogP contribution >= 0.6 is 11.3 Å². The van der Waals surface area contributed by atoms with Gasteiger partial charge in [-0.15, -0.1) is 11.3 Å². The van der Waals surface area contributed by atoms with E-state index in [1.54, 1.807) is 13.8 Å². The number of carbonyl (C=O) groups is 2. The highest BCUT2D eigenvalue weighted by atomic mass is 32.1. The molecule has 2 aliphatic heterocycles. The molecule has 0 aliphatic carbocycles. The maximum absolute atomic E-state index is 12.1. The van der Waals surface area contributed by atoms with Crippen molar-refractivity contribution in [1.29, 1.82) is 0 Å². The SMILES string of the molecule is CC1c2ccsc2CCN1CCCN1C(=O)NC(C)(C)C1=O. The van der Waals surface area contributed by atoms with Crippen LogP contribution in [0.4, 0.5) is 4.79 Å². The van der Waals surface area contributed by atoms with E-state index in [4.69, 9.17) is 0 Å². The van der Waals surface area contributed by atoms with Gasteiger partial charge in [-0.05, 0) is 50.6 Å². The standard InChI is InChI=1S/C16H23N3O2S/c1-11-12-6-10-22-13(12)5-9-18(11)7-4-8-19-14(20)16(2,3)17-15(19)21/h6,10-11H,4-5,7-9H2,1-3H3,(H,17,21). The van der Waals surface area contributed by atoms with Crippen LogP contribution in [0.25, 0.3) is 0 Å². The van der Waals surface area contributed by atoms with Crippen LogP contribution < -0.4 is 5.32 Å². The second-order valence-corrected chi connectivity index (χ2v) is 7.63. The normalized spacial score (nSPS) is 24.5.